The summed E-state index contributed by atoms with van der Waals surface area (Å²) in [5.74, 6) is 0.629. The minimum atomic E-state index is -0.0735. The number of thioether (sulfide) groups is 1. The first-order chi connectivity index (χ1) is 10.5. The van der Waals surface area contributed by atoms with Gasteiger partial charge in [-0.1, -0.05) is 27.7 Å². The van der Waals surface area contributed by atoms with Gasteiger partial charge in [-0.25, -0.2) is 0 Å². The van der Waals surface area contributed by atoms with E-state index in [-0.39, 0.29) is 11.7 Å². The second-order valence-corrected chi connectivity index (χ2v) is 7.04. The number of nitrogen functional groups attached to an aromatic ring is 1. The largest absolute Gasteiger partial charge is 0.368 e. The maximum absolute atomic E-state index is 12.1. The molecule has 8 heteroatoms. The number of nitrogens with zero attached hydrogens (tertiary/aromatic N) is 3. The number of aromatic nitrogens is 3. The van der Waals surface area contributed by atoms with E-state index in [9.17, 15) is 4.79 Å². The quantitative estimate of drug-likeness (QED) is 0.777. The fourth-order valence-corrected chi connectivity index (χ4v) is 3.17. The number of carbonyl (C=O) groups is 1. The highest BCUT2D eigenvalue weighted by Crippen LogP contribution is 2.39. The molecular weight excluding hydrogens is 366 g/mol. The SMILES string of the molecule is Cc1cc(NC(=O)CSc2nnc(N)n2C2CC2)ccc1Br. The van der Waals surface area contributed by atoms with E-state index in [1.165, 1.54) is 11.8 Å². The van der Waals surface area contributed by atoms with Crippen molar-refractivity contribution in [1.82, 2.24) is 14.8 Å². The van der Waals surface area contributed by atoms with Crippen LogP contribution in [-0.2, 0) is 4.79 Å². The van der Waals surface area contributed by atoms with Crippen LogP contribution in [0.15, 0.2) is 27.8 Å². The van der Waals surface area contributed by atoms with Crippen molar-refractivity contribution in [2.75, 3.05) is 16.8 Å². The lowest BCUT2D eigenvalue weighted by Crippen LogP contribution is -2.14. The Bertz CT molecular complexity index is 713. The maximum atomic E-state index is 12.1. The molecule has 0 radical (unpaired) electrons. The summed E-state index contributed by atoms with van der Waals surface area (Å²) in [4.78, 5) is 12.1. The maximum Gasteiger partial charge on any atom is 0.234 e. The van der Waals surface area contributed by atoms with Crippen molar-refractivity contribution >= 4 is 45.2 Å². The van der Waals surface area contributed by atoms with Crippen LogP contribution in [0, 0.1) is 6.92 Å². The van der Waals surface area contributed by atoms with Gasteiger partial charge in [-0.15, -0.1) is 10.2 Å². The number of benzene rings is 1. The molecule has 0 saturated heterocycles. The van der Waals surface area contributed by atoms with Gasteiger partial charge in [0.2, 0.25) is 11.9 Å². The molecule has 0 bridgehead atoms. The molecule has 0 aliphatic heterocycles. The van der Waals surface area contributed by atoms with Gasteiger partial charge >= 0.3 is 0 Å². The molecule has 3 N–H and O–H groups in total. The Hall–Kier alpha value is -1.54. The molecule has 1 aromatic heterocycles. The monoisotopic (exact) mass is 381 g/mol. The van der Waals surface area contributed by atoms with Crippen molar-refractivity contribution in [3.05, 3.63) is 28.2 Å². The van der Waals surface area contributed by atoms with E-state index in [0.29, 0.717) is 17.1 Å². The van der Waals surface area contributed by atoms with E-state index in [4.69, 9.17) is 5.73 Å². The molecule has 1 fully saturated rings. The molecule has 2 aromatic rings. The van der Waals surface area contributed by atoms with Gasteiger partial charge in [-0.2, -0.15) is 0 Å². The molecule has 6 nitrogen and oxygen atoms in total. The van der Waals surface area contributed by atoms with Crippen molar-refractivity contribution in [2.45, 2.75) is 31.0 Å². The number of hydrogen-bond donors (Lipinski definition) is 2. The summed E-state index contributed by atoms with van der Waals surface area (Å²) in [6.07, 6.45) is 2.19. The van der Waals surface area contributed by atoms with Gasteiger partial charge in [0.05, 0.1) is 5.75 Å². The van der Waals surface area contributed by atoms with E-state index < -0.39 is 0 Å². The topological polar surface area (TPSA) is 85.8 Å². The summed E-state index contributed by atoms with van der Waals surface area (Å²) in [6.45, 7) is 1.98. The Morgan fingerprint density at radius 2 is 2.27 bits per heavy atom. The molecule has 1 aromatic carbocycles. The Kier molecular flexibility index (Phi) is 4.39. The number of rotatable bonds is 5. The number of amides is 1. The van der Waals surface area contributed by atoms with Gasteiger partial charge in [-0.05, 0) is 43.5 Å². The Labute approximate surface area is 141 Å². The van der Waals surface area contributed by atoms with Crippen LogP contribution >= 0.6 is 27.7 Å². The molecule has 1 amide bonds. The van der Waals surface area contributed by atoms with Crippen molar-refractivity contribution in [2.24, 2.45) is 0 Å². The van der Waals surface area contributed by atoms with Crippen LogP contribution in [0.5, 0.6) is 0 Å². The van der Waals surface area contributed by atoms with Gasteiger partial charge in [0.25, 0.3) is 0 Å². The van der Waals surface area contributed by atoms with Gasteiger partial charge in [0.1, 0.15) is 0 Å². The standard InChI is InChI=1S/C14H16BrN5OS/c1-8-6-9(2-5-11(8)15)17-12(21)7-22-14-19-18-13(16)20(14)10-3-4-10/h2,5-6,10H,3-4,7H2,1H3,(H2,16,18)(H,17,21). The second-order valence-electron chi connectivity index (χ2n) is 5.24. The third kappa shape index (κ3) is 3.44. The molecule has 1 saturated carbocycles. The molecule has 116 valence electrons. The molecule has 1 aliphatic carbocycles. The van der Waals surface area contributed by atoms with Gasteiger partial charge in [0, 0.05) is 16.2 Å². The van der Waals surface area contributed by atoms with Gasteiger partial charge in [0.15, 0.2) is 5.16 Å². The van der Waals surface area contributed by atoms with Crippen LogP contribution < -0.4 is 11.1 Å². The smallest absolute Gasteiger partial charge is 0.234 e. The molecule has 22 heavy (non-hydrogen) atoms. The number of hydrogen-bond acceptors (Lipinski definition) is 5. The number of anilines is 2. The first kappa shape index (κ1) is 15.4. The van der Waals surface area contributed by atoms with Crippen molar-refractivity contribution in [3.8, 4) is 0 Å². The highest BCUT2D eigenvalue weighted by molar-refractivity contribution is 9.10. The van der Waals surface area contributed by atoms with E-state index in [0.717, 1.165) is 28.6 Å². The summed E-state index contributed by atoms with van der Waals surface area (Å²) in [6, 6.07) is 6.11. The summed E-state index contributed by atoms with van der Waals surface area (Å²) in [7, 11) is 0. The molecular formula is C14H16BrN5OS. The van der Waals surface area contributed by atoms with Crippen LogP contribution in [0.3, 0.4) is 0 Å². The van der Waals surface area contributed by atoms with Crippen LogP contribution in [-0.4, -0.2) is 26.4 Å². The van der Waals surface area contributed by atoms with Crippen molar-refractivity contribution in [3.63, 3.8) is 0 Å². The average molecular weight is 382 g/mol. The Morgan fingerprint density at radius 1 is 1.50 bits per heavy atom. The van der Waals surface area contributed by atoms with E-state index in [1.807, 2.05) is 29.7 Å². The third-order valence-electron chi connectivity index (χ3n) is 3.38. The number of carbonyl (C=O) groups excluding carboxylic acids is 1. The van der Waals surface area contributed by atoms with Gasteiger partial charge < -0.3 is 11.1 Å². The molecule has 0 atom stereocenters. The summed E-state index contributed by atoms with van der Waals surface area (Å²) >= 11 is 4.80. The van der Waals surface area contributed by atoms with Crippen molar-refractivity contribution in [1.29, 1.82) is 0 Å². The predicted octanol–water partition coefficient (Wildman–Crippen LogP) is 3.00. The third-order valence-corrected chi connectivity index (χ3v) is 5.21. The summed E-state index contributed by atoms with van der Waals surface area (Å²) in [5, 5.41) is 11.5. The summed E-state index contributed by atoms with van der Waals surface area (Å²) in [5.41, 5.74) is 7.68. The number of aryl methyl sites for hydroxylation is 1. The Balaban J connectivity index is 1.59. The molecule has 0 spiro atoms. The fourth-order valence-electron chi connectivity index (χ4n) is 2.11. The van der Waals surface area contributed by atoms with Crippen LogP contribution in [0.4, 0.5) is 11.6 Å². The minimum absolute atomic E-state index is 0.0735. The highest BCUT2D eigenvalue weighted by atomic mass is 79.9. The molecule has 1 heterocycles. The minimum Gasteiger partial charge on any atom is -0.368 e. The zero-order chi connectivity index (χ0) is 15.7. The molecule has 0 unspecified atom stereocenters. The zero-order valence-electron chi connectivity index (χ0n) is 12.0. The highest BCUT2D eigenvalue weighted by Gasteiger charge is 2.29. The van der Waals surface area contributed by atoms with E-state index in [1.54, 1.807) is 0 Å². The second kappa shape index (κ2) is 6.29. The normalized spacial score (nSPS) is 14.1. The summed E-state index contributed by atoms with van der Waals surface area (Å²) < 4.78 is 2.94. The number of nitrogens with one attached hydrogen (secondary N) is 1. The Morgan fingerprint density at radius 3 is 2.95 bits per heavy atom. The van der Waals surface area contributed by atoms with E-state index in [2.05, 4.69) is 31.4 Å². The fraction of sp³-hybridized carbons (Fsp3) is 0.357. The van der Waals surface area contributed by atoms with Crippen LogP contribution in [0.1, 0.15) is 24.4 Å². The average Bonchev–Trinajstić information content (AvgIpc) is 3.24. The number of halogens is 1. The lowest BCUT2D eigenvalue weighted by Gasteiger charge is -2.08. The van der Waals surface area contributed by atoms with Gasteiger partial charge in [-0.3, -0.25) is 9.36 Å². The first-order valence-electron chi connectivity index (χ1n) is 6.94. The predicted molar refractivity (Wildman–Crippen MR) is 90.9 cm³/mol. The van der Waals surface area contributed by atoms with E-state index >= 15 is 0 Å². The first-order valence-corrected chi connectivity index (χ1v) is 8.71. The molecule has 3 rings (SSSR count). The van der Waals surface area contributed by atoms with Crippen LogP contribution in [0.25, 0.3) is 0 Å². The number of nitrogens with two attached hydrogens (primary N) is 1. The lowest BCUT2D eigenvalue weighted by atomic mass is 10.2. The zero-order valence-corrected chi connectivity index (χ0v) is 14.4. The van der Waals surface area contributed by atoms with Crippen LogP contribution in [0.2, 0.25) is 0 Å². The molecule has 1 aliphatic rings. The van der Waals surface area contributed by atoms with Crippen molar-refractivity contribution < 1.29 is 4.79 Å². The lowest BCUT2D eigenvalue weighted by molar-refractivity contribution is -0.113.